The number of amides is 1. The number of carbonyl (C=O) groups excluding carboxylic acids is 1. The number of carbonyl (C=O) groups is 1. The predicted octanol–water partition coefficient (Wildman–Crippen LogP) is 6.54. The summed E-state index contributed by atoms with van der Waals surface area (Å²) in [6, 6.07) is 20.3. The van der Waals surface area contributed by atoms with Crippen molar-refractivity contribution in [3.63, 3.8) is 0 Å². The van der Waals surface area contributed by atoms with Gasteiger partial charge in [0, 0.05) is 39.2 Å². The van der Waals surface area contributed by atoms with Crippen molar-refractivity contribution < 1.29 is 18.0 Å². The van der Waals surface area contributed by atoms with Crippen molar-refractivity contribution in [2.24, 2.45) is 0 Å². The minimum absolute atomic E-state index is 0.00315. The van der Waals surface area contributed by atoms with Gasteiger partial charge in [0.2, 0.25) is 0 Å². The second-order valence-electron chi connectivity index (χ2n) is 11.6. The van der Waals surface area contributed by atoms with Gasteiger partial charge in [0.15, 0.2) is 0 Å². The molecule has 3 aromatic carbocycles. The van der Waals surface area contributed by atoms with Crippen LogP contribution in [0.15, 0.2) is 88.3 Å². The second kappa shape index (κ2) is 11.6. The zero-order chi connectivity index (χ0) is 33.0. The van der Waals surface area contributed by atoms with Gasteiger partial charge in [-0.15, -0.1) is 5.10 Å². The van der Waals surface area contributed by atoms with Crippen LogP contribution in [0.5, 0.6) is 0 Å². The maximum atomic E-state index is 14.4. The number of fused-ring (bicyclic) bond motifs is 3. The topological polar surface area (TPSA) is 101 Å². The molecule has 6 aromatic rings. The van der Waals surface area contributed by atoms with Crippen LogP contribution in [0.25, 0.3) is 22.6 Å². The number of hydrogen-bond donors (Lipinski definition) is 1. The molecule has 1 amide bonds. The third-order valence-corrected chi connectivity index (χ3v) is 9.29. The zero-order valence-corrected chi connectivity index (χ0v) is 26.8. The lowest BCUT2D eigenvalue weighted by Crippen LogP contribution is -2.46. The molecule has 1 unspecified atom stereocenters. The first-order valence-corrected chi connectivity index (χ1v) is 15.6. The summed E-state index contributed by atoms with van der Waals surface area (Å²) in [5.74, 6) is -0.561. The molecule has 0 saturated heterocycles. The first-order chi connectivity index (χ1) is 22.5. The van der Waals surface area contributed by atoms with Gasteiger partial charge in [-0.05, 0) is 56.2 Å². The molecular formula is C34H27BrF3N7O2. The fraction of sp³-hybridized carbons (Fsp3) is 0.206. The van der Waals surface area contributed by atoms with Gasteiger partial charge in [0.1, 0.15) is 5.65 Å². The Kier molecular flexibility index (Phi) is 7.58. The molecule has 7 rings (SSSR count). The van der Waals surface area contributed by atoms with E-state index in [0.717, 1.165) is 34.1 Å². The number of alkyl halides is 3. The average molecular weight is 703 g/mol. The van der Waals surface area contributed by atoms with Crippen molar-refractivity contribution in [3.05, 3.63) is 133 Å². The molecule has 13 heteroatoms. The molecule has 1 atom stereocenters. The molecule has 47 heavy (non-hydrogen) atoms. The fourth-order valence-corrected chi connectivity index (χ4v) is 6.68. The Hall–Kier alpha value is -5.04. The summed E-state index contributed by atoms with van der Waals surface area (Å²) < 4.78 is 44.2. The van der Waals surface area contributed by atoms with E-state index in [1.165, 1.54) is 17.0 Å². The smallest absolute Gasteiger partial charge is 0.330 e. The van der Waals surface area contributed by atoms with Crippen LogP contribution < -0.4 is 5.56 Å². The standard InChI is InChI=1S/C34H27BrF3N7O2/c1-19-14-26-29(18-43(19)32(46)23-10-13-28(35)27(16-23)34(36,37)38)45-31(24(17-39-45)15-21-6-4-3-5-7-21)44(33(26)47)25-11-8-22(9-12-25)30-20(2)40-42-41-30/h3-13,16-17,19H,14-15,18H2,1-2H3,(H,40,41,42). The number of aromatic nitrogens is 6. The summed E-state index contributed by atoms with van der Waals surface area (Å²) in [5.41, 5.74) is 5.15. The van der Waals surface area contributed by atoms with Crippen LogP contribution in [0.4, 0.5) is 13.2 Å². The maximum absolute atomic E-state index is 14.4. The normalized spacial score (nSPS) is 14.9. The highest BCUT2D eigenvalue weighted by Gasteiger charge is 2.36. The number of aromatic amines is 1. The molecule has 0 fully saturated rings. The molecule has 1 aliphatic heterocycles. The Labute approximate surface area is 274 Å². The number of halogens is 4. The van der Waals surface area contributed by atoms with Crippen molar-refractivity contribution in [3.8, 4) is 16.9 Å². The fourth-order valence-electron chi connectivity index (χ4n) is 6.21. The van der Waals surface area contributed by atoms with Crippen molar-refractivity contribution >= 4 is 27.5 Å². The van der Waals surface area contributed by atoms with Gasteiger partial charge in [0.05, 0.1) is 41.1 Å². The molecule has 1 aliphatic rings. The third kappa shape index (κ3) is 5.43. The first kappa shape index (κ1) is 30.6. The van der Waals surface area contributed by atoms with Crippen LogP contribution in [-0.4, -0.2) is 46.4 Å². The predicted molar refractivity (Wildman–Crippen MR) is 172 cm³/mol. The lowest BCUT2D eigenvalue weighted by molar-refractivity contribution is -0.138. The van der Waals surface area contributed by atoms with Crippen molar-refractivity contribution in [1.82, 2.24) is 34.5 Å². The molecular weight excluding hydrogens is 675 g/mol. The molecule has 0 spiro atoms. The molecule has 0 saturated carbocycles. The highest BCUT2D eigenvalue weighted by atomic mass is 79.9. The highest BCUT2D eigenvalue weighted by Crippen LogP contribution is 2.36. The number of H-pyrrole nitrogens is 1. The Bertz CT molecular complexity index is 2210. The first-order valence-electron chi connectivity index (χ1n) is 14.8. The molecule has 0 aliphatic carbocycles. The van der Waals surface area contributed by atoms with E-state index in [1.807, 2.05) is 61.5 Å². The maximum Gasteiger partial charge on any atom is 0.417 e. The van der Waals surface area contributed by atoms with E-state index in [9.17, 15) is 22.8 Å². The Balaban J connectivity index is 1.36. The summed E-state index contributed by atoms with van der Waals surface area (Å²) in [6.07, 6.45) is -2.22. The molecule has 0 radical (unpaired) electrons. The number of nitrogens with one attached hydrogen (secondary N) is 1. The summed E-state index contributed by atoms with van der Waals surface area (Å²) in [5, 5.41) is 15.5. The van der Waals surface area contributed by atoms with Gasteiger partial charge in [-0.1, -0.05) is 63.6 Å². The van der Waals surface area contributed by atoms with E-state index in [0.29, 0.717) is 29.0 Å². The van der Waals surface area contributed by atoms with E-state index in [1.54, 1.807) is 22.2 Å². The average Bonchev–Trinajstić information content (AvgIpc) is 3.67. The summed E-state index contributed by atoms with van der Waals surface area (Å²) in [7, 11) is 0. The van der Waals surface area contributed by atoms with E-state index in [2.05, 4.69) is 31.3 Å². The minimum Gasteiger partial charge on any atom is -0.330 e. The number of benzene rings is 3. The Morgan fingerprint density at radius 3 is 2.49 bits per heavy atom. The summed E-state index contributed by atoms with van der Waals surface area (Å²) >= 11 is 2.95. The Morgan fingerprint density at radius 1 is 1.06 bits per heavy atom. The van der Waals surface area contributed by atoms with Gasteiger partial charge < -0.3 is 4.90 Å². The van der Waals surface area contributed by atoms with E-state index < -0.39 is 23.7 Å². The zero-order valence-electron chi connectivity index (χ0n) is 25.2. The van der Waals surface area contributed by atoms with Crippen LogP contribution in [0, 0.1) is 6.92 Å². The lowest BCUT2D eigenvalue weighted by atomic mass is 9.97. The molecule has 1 N–H and O–H groups in total. The molecule has 238 valence electrons. The lowest BCUT2D eigenvalue weighted by Gasteiger charge is -2.35. The van der Waals surface area contributed by atoms with Gasteiger partial charge in [0.25, 0.3) is 11.5 Å². The van der Waals surface area contributed by atoms with Gasteiger partial charge in [-0.2, -0.15) is 18.3 Å². The van der Waals surface area contributed by atoms with E-state index in [4.69, 9.17) is 5.10 Å². The van der Waals surface area contributed by atoms with Gasteiger partial charge >= 0.3 is 6.18 Å². The van der Waals surface area contributed by atoms with Crippen LogP contribution >= 0.6 is 15.9 Å². The van der Waals surface area contributed by atoms with E-state index >= 15 is 0 Å². The van der Waals surface area contributed by atoms with Gasteiger partial charge in [-0.3, -0.25) is 19.3 Å². The summed E-state index contributed by atoms with van der Waals surface area (Å²) in [4.78, 5) is 29.7. The Morgan fingerprint density at radius 2 is 1.81 bits per heavy atom. The monoisotopic (exact) mass is 701 g/mol. The minimum atomic E-state index is -4.64. The highest BCUT2D eigenvalue weighted by molar-refractivity contribution is 9.10. The molecule has 9 nitrogen and oxygen atoms in total. The van der Waals surface area contributed by atoms with E-state index in [-0.39, 0.29) is 28.6 Å². The number of rotatable bonds is 5. The number of aryl methyl sites for hydroxylation is 1. The summed E-state index contributed by atoms with van der Waals surface area (Å²) in [6.45, 7) is 3.64. The number of hydrogen-bond acceptors (Lipinski definition) is 5. The van der Waals surface area contributed by atoms with Crippen LogP contribution in [0.2, 0.25) is 0 Å². The van der Waals surface area contributed by atoms with Crippen molar-refractivity contribution in [1.29, 1.82) is 0 Å². The molecule has 0 bridgehead atoms. The van der Waals surface area contributed by atoms with Crippen molar-refractivity contribution in [2.45, 2.75) is 45.5 Å². The van der Waals surface area contributed by atoms with Gasteiger partial charge in [-0.25, -0.2) is 4.52 Å². The number of nitrogens with zero attached hydrogens (tertiary/aromatic N) is 6. The van der Waals surface area contributed by atoms with Crippen LogP contribution in [-0.2, 0) is 25.6 Å². The largest absolute Gasteiger partial charge is 0.417 e. The second-order valence-corrected chi connectivity index (χ2v) is 12.5. The quantitative estimate of drug-likeness (QED) is 0.220. The van der Waals surface area contributed by atoms with Crippen molar-refractivity contribution in [2.75, 3.05) is 0 Å². The molecule has 3 aromatic heterocycles. The SMILES string of the molecule is Cc1nn[nH]c1-c1ccc(-n2c(=O)c3c(n4ncc(Cc5ccccc5)c24)CN(C(=O)c2ccc(Br)c(C(F)(F)F)c2)C(C)C3)cc1. The van der Waals surface area contributed by atoms with Crippen LogP contribution in [0.3, 0.4) is 0 Å². The third-order valence-electron chi connectivity index (χ3n) is 8.60. The molecule has 4 heterocycles. The van der Waals surface area contributed by atoms with Crippen LogP contribution in [0.1, 0.15) is 50.9 Å².